The van der Waals surface area contributed by atoms with Crippen molar-refractivity contribution in [2.75, 3.05) is 25.6 Å². The van der Waals surface area contributed by atoms with E-state index in [-0.39, 0.29) is 36.4 Å². The number of phosphoric acid groups is 1. The zero-order chi connectivity index (χ0) is 46.8. The van der Waals surface area contributed by atoms with Crippen LogP contribution in [0.3, 0.4) is 0 Å². The summed E-state index contributed by atoms with van der Waals surface area (Å²) < 4.78 is 66.6. The predicted octanol–water partition coefficient (Wildman–Crippen LogP) is 12.1. The number of fused-ring (bicyclic) bond motifs is 2. The minimum Gasteiger partial charge on any atom is -0.402 e. The number of aromatic nitrogens is 3. The molecule has 66 heavy (non-hydrogen) atoms. The molecule has 0 saturated carbocycles. The Morgan fingerprint density at radius 1 is 0.833 bits per heavy atom. The number of nitrogens with zero attached hydrogens (tertiary/aromatic N) is 4. The van der Waals surface area contributed by atoms with Gasteiger partial charge in [0.05, 0.1) is 36.6 Å². The van der Waals surface area contributed by atoms with Gasteiger partial charge in [-0.15, -0.1) is 0 Å². The van der Waals surface area contributed by atoms with Gasteiger partial charge in [-0.2, -0.15) is 10.4 Å². The second-order valence-corrected chi connectivity index (χ2v) is 20.0. The largest absolute Gasteiger partial charge is 0.530 e. The molecule has 4 heterocycles. The van der Waals surface area contributed by atoms with Crippen molar-refractivity contribution in [3.05, 3.63) is 89.3 Å². The molecule has 2 aromatic heterocycles. The van der Waals surface area contributed by atoms with Crippen LogP contribution in [0.2, 0.25) is 5.02 Å². The number of unbranched alkanes of at least 4 members (excludes halogenated alkanes) is 15. The normalized spacial score (nSPS) is 21.9. The highest BCUT2D eigenvalue weighted by atomic mass is 35.5. The number of anilines is 1. The molecule has 0 spiro atoms. The third-order valence-electron chi connectivity index (χ3n) is 12.3. The Kier molecular flexibility index (Phi) is 20.1. The van der Waals surface area contributed by atoms with Crippen molar-refractivity contribution < 1.29 is 41.8 Å². The maximum Gasteiger partial charge on any atom is 0.530 e. The van der Waals surface area contributed by atoms with Crippen molar-refractivity contribution >= 4 is 30.8 Å². The Labute approximate surface area is 396 Å². The topological polar surface area (TPSA) is 171 Å². The van der Waals surface area contributed by atoms with Gasteiger partial charge < -0.3 is 33.9 Å². The zero-order valence-electron chi connectivity index (χ0n) is 39.3. The van der Waals surface area contributed by atoms with Crippen molar-refractivity contribution in [2.24, 2.45) is 0 Å². The molecule has 1 unspecified atom stereocenters. The van der Waals surface area contributed by atoms with Crippen LogP contribution in [0.15, 0.2) is 73.1 Å². The third kappa shape index (κ3) is 14.5. The van der Waals surface area contributed by atoms with Crippen LogP contribution in [0.25, 0.3) is 5.52 Å². The van der Waals surface area contributed by atoms with E-state index in [9.17, 15) is 9.83 Å². The van der Waals surface area contributed by atoms with Crippen LogP contribution in [0, 0.1) is 11.3 Å². The fraction of sp³-hybridized carbons (Fsp3) is 0.620. The minimum absolute atomic E-state index is 0.0900. The highest BCUT2D eigenvalue weighted by Crippen LogP contribution is 2.54. The van der Waals surface area contributed by atoms with E-state index in [4.69, 9.17) is 54.6 Å². The molecular weight excluding hydrogens is 881 g/mol. The molecule has 0 amide bonds. The fourth-order valence-corrected chi connectivity index (χ4v) is 10.1. The highest BCUT2D eigenvalue weighted by molar-refractivity contribution is 7.48. The summed E-state index contributed by atoms with van der Waals surface area (Å²) >= 11 is 6.51. The van der Waals surface area contributed by atoms with Crippen molar-refractivity contribution in [3.63, 3.8) is 0 Å². The lowest BCUT2D eigenvalue weighted by molar-refractivity contribution is -0.204. The molecule has 2 fully saturated rings. The van der Waals surface area contributed by atoms with E-state index in [0.717, 1.165) is 18.4 Å². The van der Waals surface area contributed by atoms with Crippen LogP contribution in [-0.2, 0) is 49.5 Å². The maximum atomic E-state index is 14.9. The lowest BCUT2D eigenvalue weighted by Crippen LogP contribution is -2.40. The van der Waals surface area contributed by atoms with E-state index in [2.05, 4.69) is 23.1 Å². The number of hydrogen-bond donors (Lipinski definition) is 1. The van der Waals surface area contributed by atoms with E-state index >= 15 is 0 Å². The molecule has 2 saturated heterocycles. The Hall–Kier alpha value is -3.61. The number of nitrogens with two attached hydrogens (primary N) is 1. The van der Waals surface area contributed by atoms with Gasteiger partial charge in [0, 0.05) is 6.61 Å². The number of hydrogen-bond acceptors (Lipinski definition) is 13. The molecule has 0 radical (unpaired) electrons. The second kappa shape index (κ2) is 25.7. The van der Waals surface area contributed by atoms with Crippen LogP contribution >= 0.6 is 19.4 Å². The van der Waals surface area contributed by atoms with Gasteiger partial charge in [-0.1, -0.05) is 157 Å². The Morgan fingerprint density at radius 3 is 2.12 bits per heavy atom. The minimum atomic E-state index is -4.52. The van der Waals surface area contributed by atoms with E-state index in [1.807, 2.05) is 37.3 Å². The Balaban J connectivity index is 1.06. The quantitative estimate of drug-likeness (QED) is 0.0374. The standard InChI is InChI=1S/C50H71ClN5O9P/c1-5-6-7-8-9-10-11-12-13-14-15-16-17-18-19-25-32-58-38(2)43(59-33-39-26-21-20-22-27-39)34-60-66(57,65-42-29-24-23-28-40(42)51)61-35-44-46-47(64-49(3,4)63-46)50(36-52,62-44)45-31-30-41-48(53)54-37-55-56(41)45/h20-24,26-31,37-38,43-44,46-47H,5-19,25,32-35H2,1-4H3,(H2,53,54,55)/t38-,43-,44+,46+,47+,50-,66?/m0/s1. The lowest BCUT2D eigenvalue weighted by atomic mass is 9.92. The van der Waals surface area contributed by atoms with E-state index in [1.165, 1.54) is 101 Å². The van der Waals surface area contributed by atoms with E-state index in [0.29, 0.717) is 17.8 Å². The predicted molar refractivity (Wildman–Crippen MR) is 255 cm³/mol. The molecule has 2 aliphatic heterocycles. The molecular formula is C50H71ClN5O9P. The van der Waals surface area contributed by atoms with Crippen molar-refractivity contribution in [3.8, 4) is 11.8 Å². The average Bonchev–Trinajstić information content (AvgIpc) is 3.98. The number of halogens is 1. The summed E-state index contributed by atoms with van der Waals surface area (Å²) in [7, 11) is -4.52. The van der Waals surface area contributed by atoms with Gasteiger partial charge in [0.1, 0.15) is 48.1 Å². The number of ether oxygens (including phenoxy) is 5. The van der Waals surface area contributed by atoms with Gasteiger partial charge in [-0.3, -0.25) is 9.05 Å². The molecule has 14 nitrogen and oxygen atoms in total. The number of phosphoric ester groups is 1. The number of benzene rings is 2. The average molecular weight is 953 g/mol. The molecule has 362 valence electrons. The molecule has 4 aromatic rings. The van der Waals surface area contributed by atoms with Gasteiger partial charge in [-0.25, -0.2) is 14.1 Å². The van der Waals surface area contributed by atoms with Crippen molar-refractivity contribution in [2.45, 2.75) is 179 Å². The smallest absolute Gasteiger partial charge is 0.402 e. The van der Waals surface area contributed by atoms with Crippen LogP contribution in [0.5, 0.6) is 5.75 Å². The van der Waals surface area contributed by atoms with Gasteiger partial charge in [0.2, 0.25) is 5.60 Å². The van der Waals surface area contributed by atoms with Crippen molar-refractivity contribution in [1.29, 1.82) is 5.26 Å². The Bertz CT molecular complexity index is 2160. The number of nitriles is 1. The number of rotatable bonds is 31. The van der Waals surface area contributed by atoms with E-state index < -0.39 is 49.7 Å². The summed E-state index contributed by atoms with van der Waals surface area (Å²) in [4.78, 5) is 4.07. The van der Waals surface area contributed by atoms with Gasteiger partial charge in [0.25, 0.3) is 0 Å². The van der Waals surface area contributed by atoms with Crippen molar-refractivity contribution in [1.82, 2.24) is 14.6 Å². The zero-order valence-corrected chi connectivity index (χ0v) is 41.0. The molecule has 16 heteroatoms. The van der Waals surface area contributed by atoms with Crippen LogP contribution < -0.4 is 10.3 Å². The lowest BCUT2D eigenvalue weighted by Gasteiger charge is -2.29. The molecule has 7 atom stereocenters. The first kappa shape index (κ1) is 51.8. The first-order valence-corrected chi connectivity index (χ1v) is 25.9. The maximum absolute atomic E-state index is 14.9. The summed E-state index contributed by atoms with van der Waals surface area (Å²) in [6, 6.07) is 22.1. The monoisotopic (exact) mass is 951 g/mol. The third-order valence-corrected chi connectivity index (χ3v) is 14.0. The SMILES string of the molecule is CCCCCCCCCCCCCCCCCCO[C@@H](C)[C@H](COP(=O)(OC[C@H]1O[C@@](C#N)(c2ccc3c(N)ncnn23)[C@@H]2OC(C)(C)O[C@@H]21)Oc1ccccc1Cl)OCc1ccccc1. The van der Waals surface area contributed by atoms with Gasteiger partial charge in [0.15, 0.2) is 11.6 Å². The molecule has 2 aliphatic rings. The molecule has 0 bridgehead atoms. The second-order valence-electron chi connectivity index (χ2n) is 18.0. The van der Waals surface area contributed by atoms with Gasteiger partial charge >= 0.3 is 7.82 Å². The summed E-state index contributed by atoms with van der Waals surface area (Å²) in [5, 5.41) is 15.4. The molecule has 2 aromatic carbocycles. The summed E-state index contributed by atoms with van der Waals surface area (Å²) in [5.74, 6) is -0.781. The number of para-hydroxylation sites is 1. The Morgan fingerprint density at radius 2 is 1.47 bits per heavy atom. The van der Waals surface area contributed by atoms with Gasteiger partial charge in [-0.05, 0) is 57.0 Å². The van der Waals surface area contributed by atoms with E-state index in [1.54, 1.807) is 50.2 Å². The highest BCUT2D eigenvalue weighted by Gasteiger charge is 2.65. The summed E-state index contributed by atoms with van der Waals surface area (Å²) in [6.07, 6.45) is 18.1. The molecule has 6 rings (SSSR count). The van der Waals surface area contributed by atoms with Crippen LogP contribution in [-0.4, -0.2) is 70.7 Å². The van der Waals surface area contributed by atoms with Crippen LogP contribution in [0.1, 0.15) is 142 Å². The molecule has 2 N–H and O–H groups in total. The summed E-state index contributed by atoms with van der Waals surface area (Å²) in [6.45, 7) is 7.91. The first-order chi connectivity index (χ1) is 32.0. The fourth-order valence-electron chi connectivity index (χ4n) is 8.65. The number of nitrogen functional groups attached to an aromatic ring is 1. The summed E-state index contributed by atoms with van der Waals surface area (Å²) in [5.41, 5.74) is 6.20. The first-order valence-electron chi connectivity index (χ1n) is 24.1. The molecule has 0 aliphatic carbocycles. The van der Waals surface area contributed by atoms with Crippen LogP contribution in [0.4, 0.5) is 5.82 Å².